The van der Waals surface area contributed by atoms with Crippen LogP contribution in [-0.2, 0) is 11.8 Å². The number of rotatable bonds is 5. The molecule has 5 heteroatoms. The molecule has 0 saturated heterocycles. The van der Waals surface area contributed by atoms with Crippen LogP contribution in [0.3, 0.4) is 0 Å². The van der Waals surface area contributed by atoms with Crippen LogP contribution in [0.5, 0.6) is 0 Å². The highest BCUT2D eigenvalue weighted by molar-refractivity contribution is 6.43. The molecule has 0 aliphatic rings. The molecule has 1 amide bonds. The monoisotopic (exact) mass is 251 g/mol. The van der Waals surface area contributed by atoms with Gasteiger partial charge in [0, 0.05) is 26.3 Å². The maximum Gasteiger partial charge on any atom is 0.294 e. The summed E-state index contributed by atoms with van der Waals surface area (Å²) in [5.41, 5.74) is 1.78. The Balaban J connectivity index is 2.90. The topological polar surface area (TPSA) is 55.2 Å². The zero-order chi connectivity index (χ0) is 13.9. The summed E-state index contributed by atoms with van der Waals surface area (Å²) in [6.45, 7) is 6.21. The Labute approximate surface area is 108 Å². The van der Waals surface area contributed by atoms with E-state index < -0.39 is 11.7 Å². The first-order valence-corrected chi connectivity index (χ1v) is 6.20. The normalized spacial score (nSPS) is 10.5. The Bertz CT molecular complexity index is 463. The molecule has 0 spiro atoms. The van der Waals surface area contributed by atoms with Gasteiger partial charge in [-0.1, -0.05) is 13.3 Å². The first-order chi connectivity index (χ1) is 8.40. The third-order valence-corrected chi connectivity index (χ3v) is 3.12. The summed E-state index contributed by atoms with van der Waals surface area (Å²) in [5.74, 6) is -0.917. The number of Topliss-reactive ketones (excluding diaryl/α,β-unsaturated/α-hetero) is 1. The smallest absolute Gasteiger partial charge is 0.294 e. The van der Waals surface area contributed by atoms with E-state index in [1.807, 2.05) is 0 Å². The highest BCUT2D eigenvalue weighted by Crippen LogP contribution is 2.13. The van der Waals surface area contributed by atoms with Crippen LogP contribution in [0.2, 0.25) is 0 Å². The van der Waals surface area contributed by atoms with Gasteiger partial charge in [0.05, 0.1) is 11.3 Å². The minimum absolute atomic E-state index is 0.436. The molecule has 1 aromatic rings. The molecule has 0 fully saturated rings. The predicted molar refractivity (Wildman–Crippen MR) is 69.6 cm³/mol. The number of amides is 1. The predicted octanol–water partition coefficient (Wildman–Crippen LogP) is 1.48. The quantitative estimate of drug-likeness (QED) is 0.588. The van der Waals surface area contributed by atoms with E-state index in [0.29, 0.717) is 17.8 Å². The summed E-state index contributed by atoms with van der Waals surface area (Å²) in [4.78, 5) is 25.6. The molecule has 0 aliphatic heterocycles. The summed E-state index contributed by atoms with van der Waals surface area (Å²) in [7, 11) is 3.43. The number of carbonyl (C=O) groups is 2. The molecule has 18 heavy (non-hydrogen) atoms. The fourth-order valence-corrected chi connectivity index (χ4v) is 1.88. The standard InChI is InChI=1S/C13H21N3O2/c1-6-7-8-15(4)13(18)12(17)11-9(2)14-16(5)10(11)3/h6-8H2,1-5H3. The maximum absolute atomic E-state index is 12.2. The second-order valence-corrected chi connectivity index (χ2v) is 4.58. The summed E-state index contributed by atoms with van der Waals surface area (Å²) in [6.07, 6.45) is 1.90. The molecule has 0 aliphatic carbocycles. The fraction of sp³-hybridized carbons (Fsp3) is 0.615. The molecule has 100 valence electrons. The van der Waals surface area contributed by atoms with Crippen LogP contribution in [0.15, 0.2) is 0 Å². The summed E-state index contributed by atoms with van der Waals surface area (Å²) >= 11 is 0. The minimum atomic E-state index is -0.461. The molecule has 1 heterocycles. The number of unbranched alkanes of at least 4 members (excludes halogenated alkanes) is 1. The van der Waals surface area contributed by atoms with E-state index in [9.17, 15) is 9.59 Å². The van der Waals surface area contributed by atoms with Gasteiger partial charge in [-0.3, -0.25) is 14.3 Å². The van der Waals surface area contributed by atoms with Crippen molar-refractivity contribution in [3.63, 3.8) is 0 Å². The molecule has 0 unspecified atom stereocenters. The van der Waals surface area contributed by atoms with Gasteiger partial charge >= 0.3 is 0 Å². The second kappa shape index (κ2) is 5.80. The molecule has 0 radical (unpaired) electrons. The Morgan fingerprint density at radius 3 is 2.39 bits per heavy atom. The third-order valence-electron chi connectivity index (χ3n) is 3.12. The van der Waals surface area contributed by atoms with Crippen LogP contribution >= 0.6 is 0 Å². The molecular formula is C13H21N3O2. The zero-order valence-electron chi connectivity index (χ0n) is 11.8. The maximum atomic E-state index is 12.2. The summed E-state index contributed by atoms with van der Waals surface area (Å²) in [6, 6.07) is 0. The summed E-state index contributed by atoms with van der Waals surface area (Å²) < 4.78 is 1.63. The number of hydrogen-bond acceptors (Lipinski definition) is 3. The number of carbonyl (C=O) groups excluding carboxylic acids is 2. The van der Waals surface area contributed by atoms with Crippen molar-refractivity contribution in [1.82, 2.24) is 14.7 Å². The van der Waals surface area contributed by atoms with E-state index in [4.69, 9.17) is 0 Å². The third kappa shape index (κ3) is 2.78. The number of ketones is 1. The Morgan fingerprint density at radius 1 is 1.33 bits per heavy atom. The SMILES string of the molecule is CCCCN(C)C(=O)C(=O)c1c(C)nn(C)c1C. The largest absolute Gasteiger partial charge is 0.339 e. The molecular weight excluding hydrogens is 230 g/mol. The van der Waals surface area contributed by atoms with Crippen molar-refractivity contribution in [2.24, 2.45) is 7.05 Å². The molecule has 5 nitrogen and oxygen atoms in total. The van der Waals surface area contributed by atoms with E-state index in [0.717, 1.165) is 18.5 Å². The number of aryl methyl sites for hydroxylation is 2. The van der Waals surface area contributed by atoms with Crippen LogP contribution in [0, 0.1) is 13.8 Å². The van der Waals surface area contributed by atoms with Crippen LogP contribution < -0.4 is 0 Å². The van der Waals surface area contributed by atoms with E-state index in [1.54, 1.807) is 32.6 Å². The minimum Gasteiger partial charge on any atom is -0.339 e. The molecule has 0 bridgehead atoms. The van der Waals surface area contributed by atoms with Crippen molar-refractivity contribution in [2.75, 3.05) is 13.6 Å². The molecule has 0 atom stereocenters. The van der Waals surface area contributed by atoms with Crippen molar-refractivity contribution in [3.05, 3.63) is 17.0 Å². The molecule has 0 N–H and O–H groups in total. The second-order valence-electron chi connectivity index (χ2n) is 4.58. The van der Waals surface area contributed by atoms with Crippen molar-refractivity contribution in [1.29, 1.82) is 0 Å². The van der Waals surface area contributed by atoms with Crippen molar-refractivity contribution in [3.8, 4) is 0 Å². The fourth-order valence-electron chi connectivity index (χ4n) is 1.88. The first-order valence-electron chi connectivity index (χ1n) is 6.20. The molecule has 0 saturated carbocycles. The van der Waals surface area contributed by atoms with Gasteiger partial charge in [0.1, 0.15) is 0 Å². The Morgan fingerprint density at radius 2 is 1.94 bits per heavy atom. The average Bonchev–Trinajstić information content (AvgIpc) is 2.58. The lowest BCUT2D eigenvalue weighted by Gasteiger charge is -2.15. The lowest BCUT2D eigenvalue weighted by atomic mass is 10.1. The number of aromatic nitrogens is 2. The van der Waals surface area contributed by atoms with Crippen LogP contribution in [0.1, 0.15) is 41.5 Å². The van der Waals surface area contributed by atoms with Gasteiger partial charge in [-0.05, 0) is 20.3 Å². The number of likely N-dealkylation sites (N-methyl/N-ethyl adjacent to an activating group) is 1. The van der Waals surface area contributed by atoms with Crippen LogP contribution in [-0.4, -0.2) is 40.0 Å². The lowest BCUT2D eigenvalue weighted by Crippen LogP contribution is -2.34. The molecule has 0 aromatic carbocycles. The van der Waals surface area contributed by atoms with Gasteiger partial charge in [-0.2, -0.15) is 5.10 Å². The van der Waals surface area contributed by atoms with E-state index >= 15 is 0 Å². The zero-order valence-corrected chi connectivity index (χ0v) is 11.8. The van der Waals surface area contributed by atoms with Gasteiger partial charge < -0.3 is 4.90 Å². The Hall–Kier alpha value is -1.65. The van der Waals surface area contributed by atoms with E-state index in [1.165, 1.54) is 4.90 Å². The van der Waals surface area contributed by atoms with Gasteiger partial charge in [-0.25, -0.2) is 0 Å². The highest BCUT2D eigenvalue weighted by Gasteiger charge is 2.26. The highest BCUT2D eigenvalue weighted by atomic mass is 16.2. The van der Waals surface area contributed by atoms with Crippen molar-refractivity contribution >= 4 is 11.7 Å². The Kier molecular flexibility index (Phi) is 4.64. The van der Waals surface area contributed by atoms with Crippen molar-refractivity contribution in [2.45, 2.75) is 33.6 Å². The summed E-state index contributed by atoms with van der Waals surface area (Å²) in [5, 5.41) is 4.16. The van der Waals surface area contributed by atoms with Gasteiger partial charge in [-0.15, -0.1) is 0 Å². The van der Waals surface area contributed by atoms with E-state index in [-0.39, 0.29) is 0 Å². The number of nitrogens with zero attached hydrogens (tertiary/aromatic N) is 3. The number of hydrogen-bond donors (Lipinski definition) is 0. The molecule has 1 rings (SSSR count). The van der Waals surface area contributed by atoms with Crippen LogP contribution in [0.4, 0.5) is 0 Å². The van der Waals surface area contributed by atoms with Crippen molar-refractivity contribution < 1.29 is 9.59 Å². The first kappa shape index (κ1) is 14.4. The lowest BCUT2D eigenvalue weighted by molar-refractivity contribution is -0.125. The molecule has 1 aromatic heterocycles. The average molecular weight is 251 g/mol. The van der Waals surface area contributed by atoms with Gasteiger partial charge in [0.15, 0.2) is 0 Å². The van der Waals surface area contributed by atoms with Gasteiger partial charge in [0.25, 0.3) is 11.7 Å². The van der Waals surface area contributed by atoms with Crippen LogP contribution in [0.25, 0.3) is 0 Å². The van der Waals surface area contributed by atoms with E-state index in [2.05, 4.69) is 12.0 Å². The van der Waals surface area contributed by atoms with Gasteiger partial charge in [0.2, 0.25) is 0 Å².